The predicted octanol–water partition coefficient (Wildman–Crippen LogP) is 4.61. The molecule has 30 heavy (non-hydrogen) atoms. The van der Waals surface area contributed by atoms with Gasteiger partial charge in [-0.3, -0.25) is 0 Å². The standard InChI is InChI=1S/C20H17ClF2N4O3/c1-28-12-4-6-14(17(8-12)29-2)16-9-15(26-20-24-10-25-27(16)20)13-5-3-11(21)7-18(13)30-19(22)23/h3-10,16,19H,1-2H3,(H,24,25,26). The van der Waals surface area contributed by atoms with Gasteiger partial charge in [0.2, 0.25) is 5.95 Å². The molecule has 1 unspecified atom stereocenters. The molecule has 0 saturated carbocycles. The molecular weight excluding hydrogens is 418 g/mol. The van der Waals surface area contributed by atoms with E-state index in [-0.39, 0.29) is 10.8 Å². The highest BCUT2D eigenvalue weighted by Gasteiger charge is 2.27. The number of fused-ring (bicyclic) bond motifs is 1. The van der Waals surface area contributed by atoms with Crippen LogP contribution in [0.15, 0.2) is 48.8 Å². The molecule has 0 bridgehead atoms. The van der Waals surface area contributed by atoms with Crippen LogP contribution in [0.3, 0.4) is 0 Å². The van der Waals surface area contributed by atoms with Crippen LogP contribution < -0.4 is 19.5 Å². The van der Waals surface area contributed by atoms with Gasteiger partial charge in [-0.05, 0) is 36.4 Å². The monoisotopic (exact) mass is 434 g/mol. The summed E-state index contributed by atoms with van der Waals surface area (Å²) in [6.07, 6.45) is 3.23. The van der Waals surface area contributed by atoms with Crippen molar-refractivity contribution in [1.82, 2.24) is 14.8 Å². The highest BCUT2D eigenvalue weighted by Crippen LogP contribution is 2.40. The molecule has 0 radical (unpaired) electrons. The zero-order valence-corrected chi connectivity index (χ0v) is 16.7. The number of nitrogens with one attached hydrogen (secondary N) is 1. The molecule has 1 atom stereocenters. The van der Waals surface area contributed by atoms with Gasteiger partial charge in [0.25, 0.3) is 0 Å². The van der Waals surface area contributed by atoms with E-state index in [2.05, 4.69) is 20.1 Å². The Morgan fingerprint density at radius 3 is 2.67 bits per heavy atom. The average molecular weight is 435 g/mol. The van der Waals surface area contributed by atoms with Crippen molar-refractivity contribution in [2.24, 2.45) is 0 Å². The maximum atomic E-state index is 12.9. The Labute approximate surface area is 175 Å². The summed E-state index contributed by atoms with van der Waals surface area (Å²) < 4.78 is 43.0. The molecule has 10 heteroatoms. The van der Waals surface area contributed by atoms with Gasteiger partial charge >= 0.3 is 6.61 Å². The summed E-state index contributed by atoms with van der Waals surface area (Å²) in [4.78, 5) is 4.23. The summed E-state index contributed by atoms with van der Waals surface area (Å²) >= 11 is 5.98. The van der Waals surface area contributed by atoms with E-state index in [4.69, 9.17) is 21.1 Å². The average Bonchev–Trinajstić information content (AvgIpc) is 3.21. The molecule has 3 aromatic rings. The van der Waals surface area contributed by atoms with E-state index in [9.17, 15) is 8.78 Å². The van der Waals surface area contributed by atoms with Crippen LogP contribution in [0.4, 0.5) is 14.7 Å². The van der Waals surface area contributed by atoms with Crippen molar-refractivity contribution in [3.63, 3.8) is 0 Å². The normalized spacial score (nSPS) is 15.3. The number of aromatic nitrogens is 3. The van der Waals surface area contributed by atoms with Gasteiger partial charge in [0.1, 0.15) is 29.6 Å². The third-order valence-corrected chi connectivity index (χ3v) is 4.85. The molecule has 4 rings (SSSR count). The number of methoxy groups -OCH3 is 2. The molecular formula is C20H17ClF2N4O3. The van der Waals surface area contributed by atoms with Crippen LogP contribution in [0.5, 0.6) is 17.2 Å². The lowest BCUT2D eigenvalue weighted by Crippen LogP contribution is -2.21. The lowest BCUT2D eigenvalue weighted by Gasteiger charge is -2.26. The minimum atomic E-state index is -2.99. The topological polar surface area (TPSA) is 70.4 Å². The van der Waals surface area contributed by atoms with Crippen LogP contribution in [0, 0.1) is 0 Å². The molecule has 0 fully saturated rings. The van der Waals surface area contributed by atoms with E-state index in [1.54, 1.807) is 43.2 Å². The first kappa shape index (κ1) is 20.0. The number of allylic oxidation sites excluding steroid dienone is 1. The van der Waals surface area contributed by atoms with Crippen LogP contribution in [0.1, 0.15) is 17.2 Å². The number of nitrogens with zero attached hydrogens (tertiary/aromatic N) is 3. The number of anilines is 1. The second-order valence-electron chi connectivity index (χ2n) is 6.31. The van der Waals surface area contributed by atoms with Crippen LogP contribution in [0.25, 0.3) is 5.70 Å². The molecule has 1 aliphatic rings. The first-order valence-corrected chi connectivity index (χ1v) is 9.23. The number of hydrogen-bond donors (Lipinski definition) is 1. The Hall–Kier alpha value is -3.33. The van der Waals surface area contributed by atoms with Gasteiger partial charge in [0.05, 0.1) is 19.9 Å². The first-order chi connectivity index (χ1) is 14.5. The summed E-state index contributed by atoms with van der Waals surface area (Å²) in [6, 6.07) is 9.54. The van der Waals surface area contributed by atoms with E-state index in [0.29, 0.717) is 28.7 Å². The zero-order valence-electron chi connectivity index (χ0n) is 16.0. The van der Waals surface area contributed by atoms with Crippen molar-refractivity contribution in [1.29, 1.82) is 0 Å². The SMILES string of the molecule is COc1ccc(C2C=C(c3ccc(Cl)cc3OC(F)F)Nc3ncnn32)c(OC)c1. The second-order valence-corrected chi connectivity index (χ2v) is 6.74. The number of hydrogen-bond acceptors (Lipinski definition) is 6. The van der Waals surface area contributed by atoms with Crippen molar-refractivity contribution < 1.29 is 23.0 Å². The Bertz CT molecular complexity index is 1100. The number of halogens is 3. The van der Waals surface area contributed by atoms with E-state index < -0.39 is 12.7 Å². The number of alkyl halides is 2. The Morgan fingerprint density at radius 1 is 1.10 bits per heavy atom. The third-order valence-electron chi connectivity index (χ3n) is 4.62. The molecule has 2 heterocycles. The van der Waals surface area contributed by atoms with Crippen LogP contribution >= 0.6 is 11.6 Å². The molecule has 156 valence electrons. The smallest absolute Gasteiger partial charge is 0.387 e. The minimum Gasteiger partial charge on any atom is -0.497 e. The van der Waals surface area contributed by atoms with Gasteiger partial charge in [-0.1, -0.05) is 11.6 Å². The molecule has 2 aromatic carbocycles. The van der Waals surface area contributed by atoms with Gasteiger partial charge in [-0.25, -0.2) is 4.68 Å². The quantitative estimate of drug-likeness (QED) is 0.611. The van der Waals surface area contributed by atoms with E-state index in [1.165, 1.54) is 12.4 Å². The highest BCUT2D eigenvalue weighted by atomic mass is 35.5. The number of benzene rings is 2. The highest BCUT2D eigenvalue weighted by molar-refractivity contribution is 6.30. The van der Waals surface area contributed by atoms with E-state index in [1.807, 2.05) is 12.1 Å². The van der Waals surface area contributed by atoms with Gasteiger partial charge in [0.15, 0.2) is 0 Å². The predicted molar refractivity (Wildman–Crippen MR) is 107 cm³/mol. The van der Waals surface area contributed by atoms with E-state index in [0.717, 1.165) is 5.56 Å². The summed E-state index contributed by atoms with van der Waals surface area (Å²) in [7, 11) is 3.12. The molecule has 0 saturated heterocycles. The number of ether oxygens (including phenoxy) is 3. The number of rotatable bonds is 6. The van der Waals surface area contributed by atoms with E-state index >= 15 is 0 Å². The molecule has 0 amide bonds. The summed E-state index contributed by atoms with van der Waals surface area (Å²) in [5.74, 6) is 1.61. The van der Waals surface area contributed by atoms with Crippen LogP contribution in [-0.4, -0.2) is 35.6 Å². The molecule has 1 aromatic heterocycles. The van der Waals surface area contributed by atoms with Crippen LogP contribution in [-0.2, 0) is 0 Å². The molecule has 7 nitrogen and oxygen atoms in total. The fourth-order valence-electron chi connectivity index (χ4n) is 3.29. The molecule has 1 aliphatic heterocycles. The van der Waals surface area contributed by atoms with Crippen molar-refractivity contribution in [3.8, 4) is 17.2 Å². The van der Waals surface area contributed by atoms with Gasteiger partial charge < -0.3 is 19.5 Å². The Balaban J connectivity index is 1.84. The summed E-state index contributed by atoms with van der Waals surface area (Å²) in [5.41, 5.74) is 1.71. The fraction of sp³-hybridized carbons (Fsp3) is 0.200. The fourth-order valence-corrected chi connectivity index (χ4v) is 3.45. The Kier molecular flexibility index (Phi) is 5.45. The van der Waals surface area contributed by atoms with Crippen molar-refractivity contribution in [2.75, 3.05) is 19.5 Å². The first-order valence-electron chi connectivity index (χ1n) is 8.85. The second kappa shape index (κ2) is 8.19. The van der Waals surface area contributed by atoms with Crippen molar-refractivity contribution in [3.05, 3.63) is 65.0 Å². The van der Waals surface area contributed by atoms with Gasteiger partial charge in [-0.2, -0.15) is 18.9 Å². The van der Waals surface area contributed by atoms with Crippen LogP contribution in [0.2, 0.25) is 5.02 Å². The van der Waals surface area contributed by atoms with Gasteiger partial charge in [0, 0.05) is 22.2 Å². The van der Waals surface area contributed by atoms with Crippen molar-refractivity contribution in [2.45, 2.75) is 12.7 Å². The summed E-state index contributed by atoms with van der Waals surface area (Å²) in [5, 5.41) is 7.67. The zero-order chi connectivity index (χ0) is 21.3. The molecule has 0 spiro atoms. The molecule has 0 aliphatic carbocycles. The third kappa shape index (κ3) is 3.76. The maximum Gasteiger partial charge on any atom is 0.387 e. The minimum absolute atomic E-state index is 0.0512. The molecule has 1 N–H and O–H groups in total. The van der Waals surface area contributed by atoms with Crippen molar-refractivity contribution >= 4 is 23.2 Å². The lowest BCUT2D eigenvalue weighted by atomic mass is 10.00. The van der Waals surface area contributed by atoms with Gasteiger partial charge in [-0.15, -0.1) is 0 Å². The Morgan fingerprint density at radius 2 is 1.93 bits per heavy atom. The summed E-state index contributed by atoms with van der Waals surface area (Å²) in [6.45, 7) is -2.99. The maximum absolute atomic E-state index is 12.9. The lowest BCUT2D eigenvalue weighted by molar-refractivity contribution is -0.0500. The largest absolute Gasteiger partial charge is 0.497 e.